The van der Waals surface area contributed by atoms with Crippen LogP contribution in [-0.2, 0) is 4.79 Å². The molecule has 3 rings (SSSR count). The smallest absolute Gasteiger partial charge is 0.273 e. The van der Waals surface area contributed by atoms with Gasteiger partial charge in [0.25, 0.3) is 5.91 Å². The van der Waals surface area contributed by atoms with Crippen molar-refractivity contribution in [1.82, 2.24) is 14.6 Å². The molecule has 0 unspecified atom stereocenters. The lowest BCUT2D eigenvalue weighted by molar-refractivity contribution is -0.112. The highest BCUT2D eigenvalue weighted by molar-refractivity contribution is 7.83. The predicted octanol–water partition coefficient (Wildman–Crippen LogP) is 2.20. The zero-order chi connectivity index (χ0) is 16.4. The average molecular weight is 329 g/mol. The fraction of sp³-hybridized carbons (Fsp3) is 0. The second kappa shape index (κ2) is 6.09. The maximum absolute atomic E-state index is 13.9. The van der Waals surface area contributed by atoms with Gasteiger partial charge >= 0.3 is 0 Å². The van der Waals surface area contributed by atoms with E-state index >= 15 is 0 Å². The number of nitrogens with one attached hydrogen (secondary N) is 1. The summed E-state index contributed by atoms with van der Waals surface area (Å²) in [6.45, 7) is 0. The van der Waals surface area contributed by atoms with Gasteiger partial charge in [0.15, 0.2) is 11.5 Å². The first-order chi connectivity index (χ1) is 11.1. The Balaban J connectivity index is 2.04. The summed E-state index contributed by atoms with van der Waals surface area (Å²) >= 11 is 3.83. The van der Waals surface area contributed by atoms with Crippen molar-refractivity contribution in [3.05, 3.63) is 59.5 Å². The van der Waals surface area contributed by atoms with Crippen molar-refractivity contribution in [2.45, 2.75) is 0 Å². The van der Waals surface area contributed by atoms with E-state index in [2.05, 4.69) is 28.0 Å². The number of anilines is 1. The number of amides is 1. The SMILES string of the molecule is N/C(=C\S)C(=O)Nc1cnc2ccc(-c3ccccc3F)nn12. The van der Waals surface area contributed by atoms with E-state index < -0.39 is 5.91 Å². The van der Waals surface area contributed by atoms with Gasteiger partial charge in [-0.05, 0) is 29.7 Å². The molecule has 8 heteroatoms. The zero-order valence-corrected chi connectivity index (χ0v) is 12.7. The molecule has 0 bridgehead atoms. The maximum atomic E-state index is 13.9. The summed E-state index contributed by atoms with van der Waals surface area (Å²) in [6.07, 6.45) is 1.44. The van der Waals surface area contributed by atoms with Gasteiger partial charge in [-0.3, -0.25) is 4.79 Å². The van der Waals surface area contributed by atoms with Crippen LogP contribution in [0.15, 0.2) is 53.7 Å². The largest absolute Gasteiger partial charge is 0.394 e. The Hall–Kier alpha value is -2.87. The van der Waals surface area contributed by atoms with Crippen molar-refractivity contribution in [2.75, 3.05) is 5.32 Å². The summed E-state index contributed by atoms with van der Waals surface area (Å²) in [5, 5.41) is 8.09. The molecule has 3 N–H and O–H groups in total. The summed E-state index contributed by atoms with van der Waals surface area (Å²) in [5.41, 5.74) is 6.73. The summed E-state index contributed by atoms with van der Waals surface area (Å²) < 4.78 is 15.3. The second-order valence-corrected chi connectivity index (χ2v) is 4.91. The first-order valence-electron chi connectivity index (χ1n) is 6.61. The van der Waals surface area contributed by atoms with Gasteiger partial charge in [0.2, 0.25) is 0 Å². The van der Waals surface area contributed by atoms with Crippen LogP contribution < -0.4 is 11.1 Å². The van der Waals surface area contributed by atoms with E-state index in [1.807, 2.05) is 0 Å². The molecule has 3 aromatic rings. The molecule has 0 radical (unpaired) electrons. The maximum Gasteiger partial charge on any atom is 0.273 e. The van der Waals surface area contributed by atoms with E-state index in [0.717, 1.165) is 0 Å². The summed E-state index contributed by atoms with van der Waals surface area (Å²) in [4.78, 5) is 15.9. The minimum atomic E-state index is -0.528. The molecule has 6 nitrogen and oxygen atoms in total. The molecule has 116 valence electrons. The fourth-order valence-electron chi connectivity index (χ4n) is 2.02. The van der Waals surface area contributed by atoms with Crippen LogP contribution in [0.3, 0.4) is 0 Å². The highest BCUT2D eigenvalue weighted by Gasteiger charge is 2.12. The van der Waals surface area contributed by atoms with E-state index in [9.17, 15) is 9.18 Å². The van der Waals surface area contributed by atoms with Gasteiger partial charge in [-0.2, -0.15) is 9.61 Å². The third-order valence-corrected chi connectivity index (χ3v) is 3.43. The Morgan fingerprint density at radius 2 is 2.09 bits per heavy atom. The first-order valence-corrected chi connectivity index (χ1v) is 7.12. The Bertz CT molecular complexity index is 921. The van der Waals surface area contributed by atoms with Gasteiger partial charge in [0.1, 0.15) is 11.5 Å². The van der Waals surface area contributed by atoms with Crippen LogP contribution in [-0.4, -0.2) is 20.5 Å². The number of rotatable bonds is 3. The Morgan fingerprint density at radius 1 is 1.30 bits per heavy atom. The van der Waals surface area contributed by atoms with Crippen molar-refractivity contribution in [3.8, 4) is 11.3 Å². The number of halogens is 1. The Morgan fingerprint density at radius 3 is 2.83 bits per heavy atom. The number of hydrogen-bond acceptors (Lipinski definition) is 5. The monoisotopic (exact) mass is 329 g/mol. The van der Waals surface area contributed by atoms with Gasteiger partial charge in [-0.1, -0.05) is 12.1 Å². The van der Waals surface area contributed by atoms with Gasteiger partial charge < -0.3 is 11.1 Å². The molecule has 0 saturated carbocycles. The number of nitrogens with two attached hydrogens (primary N) is 1. The molecular weight excluding hydrogens is 317 g/mol. The van der Waals surface area contributed by atoms with Crippen LogP contribution in [0.25, 0.3) is 16.9 Å². The van der Waals surface area contributed by atoms with Crippen LogP contribution >= 0.6 is 12.6 Å². The molecule has 2 aromatic heterocycles. The second-order valence-electron chi connectivity index (χ2n) is 4.65. The topological polar surface area (TPSA) is 85.3 Å². The van der Waals surface area contributed by atoms with Gasteiger partial charge in [0.05, 0.1) is 11.9 Å². The molecule has 1 amide bonds. The normalized spacial score (nSPS) is 11.7. The number of nitrogens with zero attached hydrogens (tertiary/aromatic N) is 3. The van der Waals surface area contributed by atoms with Crippen molar-refractivity contribution in [1.29, 1.82) is 0 Å². The van der Waals surface area contributed by atoms with Gasteiger partial charge in [0, 0.05) is 5.56 Å². The van der Waals surface area contributed by atoms with Crippen LogP contribution in [0.2, 0.25) is 0 Å². The number of aromatic nitrogens is 3. The molecule has 0 saturated heterocycles. The van der Waals surface area contributed by atoms with Crippen molar-refractivity contribution in [3.63, 3.8) is 0 Å². The summed E-state index contributed by atoms with van der Waals surface area (Å²) in [7, 11) is 0. The molecule has 0 aliphatic rings. The molecule has 2 heterocycles. The fourth-order valence-corrected chi connectivity index (χ4v) is 2.14. The highest BCUT2D eigenvalue weighted by Crippen LogP contribution is 2.21. The molecule has 23 heavy (non-hydrogen) atoms. The number of carbonyl (C=O) groups excluding carboxylic acids is 1. The molecule has 0 spiro atoms. The van der Waals surface area contributed by atoms with Crippen LogP contribution in [0.4, 0.5) is 10.2 Å². The minimum Gasteiger partial charge on any atom is -0.394 e. The molecule has 1 aromatic carbocycles. The lowest BCUT2D eigenvalue weighted by Gasteiger charge is -2.06. The Labute approximate surface area is 136 Å². The number of imidazole rings is 1. The number of hydrogen-bond donors (Lipinski definition) is 3. The van der Waals surface area contributed by atoms with E-state index in [4.69, 9.17) is 5.73 Å². The molecule has 0 fully saturated rings. The van der Waals surface area contributed by atoms with Crippen LogP contribution in [0, 0.1) is 5.82 Å². The zero-order valence-electron chi connectivity index (χ0n) is 11.8. The quantitative estimate of drug-likeness (QED) is 0.508. The lowest BCUT2D eigenvalue weighted by atomic mass is 10.1. The molecular formula is C15H12FN5OS. The van der Waals surface area contributed by atoms with Crippen molar-refractivity contribution < 1.29 is 9.18 Å². The number of benzene rings is 1. The predicted molar refractivity (Wildman–Crippen MR) is 88.3 cm³/mol. The highest BCUT2D eigenvalue weighted by atomic mass is 32.1. The standard InChI is InChI=1S/C15H12FN5OS/c16-10-4-2-1-3-9(10)12-5-6-13-18-7-14(21(13)20-12)19-15(22)11(17)8-23/h1-8,23H,17H2,(H,19,22)/b11-8-. The van der Waals surface area contributed by atoms with Crippen molar-refractivity contribution in [2.24, 2.45) is 5.73 Å². The number of carbonyl (C=O) groups is 1. The van der Waals surface area contributed by atoms with E-state index in [-0.39, 0.29) is 11.5 Å². The average Bonchev–Trinajstić information content (AvgIpc) is 2.96. The lowest BCUT2D eigenvalue weighted by Crippen LogP contribution is -2.20. The number of thiol groups is 1. The summed E-state index contributed by atoms with van der Waals surface area (Å²) in [5.74, 6) is -0.589. The van der Waals surface area contributed by atoms with E-state index in [1.165, 1.54) is 22.2 Å². The minimum absolute atomic E-state index is 0.0476. The Kier molecular flexibility index (Phi) is 3.98. The third-order valence-electron chi connectivity index (χ3n) is 3.15. The van der Waals surface area contributed by atoms with Crippen molar-refractivity contribution >= 4 is 30.0 Å². The van der Waals surface area contributed by atoms with Crippen LogP contribution in [0.5, 0.6) is 0 Å². The number of fused-ring (bicyclic) bond motifs is 1. The van der Waals surface area contributed by atoms with Gasteiger partial charge in [-0.15, -0.1) is 12.6 Å². The molecule has 0 aliphatic carbocycles. The van der Waals surface area contributed by atoms with E-state index in [1.54, 1.807) is 30.3 Å². The van der Waals surface area contributed by atoms with Gasteiger partial charge in [-0.25, -0.2) is 9.37 Å². The summed E-state index contributed by atoms with van der Waals surface area (Å²) in [6, 6.07) is 9.65. The molecule has 0 aliphatic heterocycles. The third kappa shape index (κ3) is 2.88. The van der Waals surface area contributed by atoms with Crippen LogP contribution in [0.1, 0.15) is 0 Å². The van der Waals surface area contributed by atoms with E-state index in [0.29, 0.717) is 22.7 Å². The first kappa shape index (κ1) is 15.0. The molecule has 0 atom stereocenters.